The van der Waals surface area contributed by atoms with Crippen LogP contribution in [0.5, 0.6) is 0 Å². The zero-order valence-corrected chi connectivity index (χ0v) is 13.6. The van der Waals surface area contributed by atoms with Crippen LogP contribution in [-0.2, 0) is 6.54 Å². The first-order chi connectivity index (χ1) is 10.1. The third-order valence-electron chi connectivity index (χ3n) is 4.12. The minimum Gasteiger partial charge on any atom is -0.395 e. The van der Waals surface area contributed by atoms with Crippen molar-refractivity contribution in [2.45, 2.75) is 52.6 Å². The lowest BCUT2D eigenvalue weighted by Gasteiger charge is -2.38. The van der Waals surface area contributed by atoms with Gasteiger partial charge >= 0.3 is 0 Å². The molecule has 1 heterocycles. The van der Waals surface area contributed by atoms with Crippen molar-refractivity contribution in [3.63, 3.8) is 0 Å². The third kappa shape index (κ3) is 4.42. The summed E-state index contributed by atoms with van der Waals surface area (Å²) in [6.07, 6.45) is 5.71. The first kappa shape index (κ1) is 16.2. The molecule has 0 amide bonds. The SMILES string of the molecule is Cc1cc(CNCC(C)C)cnc1N(CCO)C1CCC1. The Kier molecular flexibility index (Phi) is 6.00. The third-order valence-corrected chi connectivity index (χ3v) is 4.12. The molecule has 4 nitrogen and oxygen atoms in total. The van der Waals surface area contributed by atoms with Crippen molar-refractivity contribution in [1.29, 1.82) is 0 Å². The fraction of sp³-hybridized carbons (Fsp3) is 0.706. The van der Waals surface area contributed by atoms with Crippen LogP contribution in [0.1, 0.15) is 44.2 Å². The lowest BCUT2D eigenvalue weighted by atomic mass is 9.91. The van der Waals surface area contributed by atoms with E-state index in [4.69, 9.17) is 0 Å². The van der Waals surface area contributed by atoms with Crippen molar-refractivity contribution in [1.82, 2.24) is 10.3 Å². The number of hydrogen-bond acceptors (Lipinski definition) is 4. The Bertz CT molecular complexity index is 444. The second-order valence-electron chi connectivity index (χ2n) is 6.51. The molecule has 1 aliphatic rings. The van der Waals surface area contributed by atoms with E-state index in [0.29, 0.717) is 18.5 Å². The predicted octanol–water partition coefficient (Wildman–Crippen LogP) is 2.49. The first-order valence-electron chi connectivity index (χ1n) is 8.15. The van der Waals surface area contributed by atoms with Gasteiger partial charge in [-0.3, -0.25) is 0 Å². The van der Waals surface area contributed by atoms with E-state index in [-0.39, 0.29) is 6.61 Å². The van der Waals surface area contributed by atoms with Crippen LogP contribution in [0.3, 0.4) is 0 Å². The van der Waals surface area contributed by atoms with Crippen molar-refractivity contribution in [3.8, 4) is 0 Å². The van der Waals surface area contributed by atoms with E-state index in [9.17, 15) is 5.11 Å². The van der Waals surface area contributed by atoms with Gasteiger partial charge in [0.25, 0.3) is 0 Å². The van der Waals surface area contributed by atoms with Crippen molar-refractivity contribution >= 4 is 5.82 Å². The Morgan fingerprint density at radius 2 is 2.19 bits per heavy atom. The Morgan fingerprint density at radius 1 is 1.43 bits per heavy atom. The van der Waals surface area contributed by atoms with E-state index < -0.39 is 0 Å². The van der Waals surface area contributed by atoms with Gasteiger partial charge in [0.2, 0.25) is 0 Å². The highest BCUT2D eigenvalue weighted by Crippen LogP contribution is 2.30. The number of aliphatic hydroxyl groups excluding tert-OH is 1. The molecule has 1 fully saturated rings. The largest absolute Gasteiger partial charge is 0.395 e. The molecule has 0 atom stereocenters. The normalized spacial score (nSPS) is 15.3. The Labute approximate surface area is 128 Å². The van der Waals surface area contributed by atoms with Crippen LogP contribution in [0.4, 0.5) is 5.82 Å². The molecule has 0 spiro atoms. The number of anilines is 1. The van der Waals surface area contributed by atoms with E-state index in [1.54, 1.807) is 0 Å². The Hall–Kier alpha value is -1.13. The number of nitrogens with zero attached hydrogens (tertiary/aromatic N) is 2. The van der Waals surface area contributed by atoms with E-state index in [0.717, 1.165) is 18.9 Å². The smallest absolute Gasteiger partial charge is 0.131 e. The zero-order chi connectivity index (χ0) is 15.2. The molecule has 4 heteroatoms. The van der Waals surface area contributed by atoms with Gasteiger partial charge in [0.15, 0.2) is 0 Å². The van der Waals surface area contributed by atoms with Gasteiger partial charge in [-0.05, 0) is 55.8 Å². The molecule has 0 saturated heterocycles. The Morgan fingerprint density at radius 3 is 2.71 bits per heavy atom. The highest BCUT2D eigenvalue weighted by molar-refractivity contribution is 5.48. The van der Waals surface area contributed by atoms with Gasteiger partial charge in [0, 0.05) is 25.3 Å². The van der Waals surface area contributed by atoms with E-state index in [2.05, 4.69) is 42.0 Å². The molecule has 118 valence electrons. The topological polar surface area (TPSA) is 48.4 Å². The molecule has 21 heavy (non-hydrogen) atoms. The maximum atomic E-state index is 9.30. The van der Waals surface area contributed by atoms with Crippen molar-refractivity contribution in [2.75, 3.05) is 24.6 Å². The molecular formula is C17H29N3O. The molecule has 0 unspecified atom stereocenters. The summed E-state index contributed by atoms with van der Waals surface area (Å²) in [5, 5.41) is 12.8. The van der Waals surface area contributed by atoms with Gasteiger partial charge in [0.1, 0.15) is 5.82 Å². The lowest BCUT2D eigenvalue weighted by Crippen LogP contribution is -2.42. The zero-order valence-electron chi connectivity index (χ0n) is 13.6. The molecular weight excluding hydrogens is 262 g/mol. The highest BCUT2D eigenvalue weighted by atomic mass is 16.3. The van der Waals surface area contributed by atoms with Gasteiger partial charge < -0.3 is 15.3 Å². The fourth-order valence-corrected chi connectivity index (χ4v) is 2.80. The average molecular weight is 291 g/mol. The number of aromatic nitrogens is 1. The highest BCUT2D eigenvalue weighted by Gasteiger charge is 2.26. The molecule has 0 aromatic carbocycles. The van der Waals surface area contributed by atoms with E-state index in [1.165, 1.54) is 30.4 Å². The van der Waals surface area contributed by atoms with Gasteiger partial charge in [-0.1, -0.05) is 13.8 Å². The fourth-order valence-electron chi connectivity index (χ4n) is 2.80. The number of rotatable bonds is 8. The molecule has 1 saturated carbocycles. The molecule has 2 N–H and O–H groups in total. The van der Waals surface area contributed by atoms with E-state index in [1.807, 2.05) is 6.20 Å². The summed E-state index contributed by atoms with van der Waals surface area (Å²) in [6, 6.07) is 2.78. The predicted molar refractivity (Wildman–Crippen MR) is 87.6 cm³/mol. The summed E-state index contributed by atoms with van der Waals surface area (Å²) < 4.78 is 0. The van der Waals surface area contributed by atoms with Gasteiger partial charge in [-0.15, -0.1) is 0 Å². The van der Waals surface area contributed by atoms with Gasteiger partial charge in [-0.25, -0.2) is 4.98 Å². The minimum absolute atomic E-state index is 0.190. The van der Waals surface area contributed by atoms with Crippen LogP contribution < -0.4 is 10.2 Å². The molecule has 1 aliphatic carbocycles. The van der Waals surface area contributed by atoms with Crippen LogP contribution in [0.2, 0.25) is 0 Å². The summed E-state index contributed by atoms with van der Waals surface area (Å²) in [6.45, 7) is 9.32. The summed E-state index contributed by atoms with van der Waals surface area (Å²) >= 11 is 0. The standard InChI is InChI=1S/C17H29N3O/c1-13(2)10-18-11-15-9-14(3)17(19-12-15)20(7-8-21)16-5-4-6-16/h9,12-13,16,18,21H,4-8,10-11H2,1-3H3. The summed E-state index contributed by atoms with van der Waals surface area (Å²) in [5.41, 5.74) is 2.44. The molecule has 2 rings (SSSR count). The summed E-state index contributed by atoms with van der Waals surface area (Å²) in [5.74, 6) is 1.71. The lowest BCUT2D eigenvalue weighted by molar-refractivity contribution is 0.283. The van der Waals surface area contributed by atoms with Gasteiger partial charge in [-0.2, -0.15) is 0 Å². The van der Waals surface area contributed by atoms with Crippen LogP contribution in [0.15, 0.2) is 12.3 Å². The molecule has 0 radical (unpaired) electrons. The number of hydrogen-bond donors (Lipinski definition) is 2. The monoisotopic (exact) mass is 291 g/mol. The van der Waals surface area contributed by atoms with Crippen LogP contribution in [0.25, 0.3) is 0 Å². The summed E-state index contributed by atoms with van der Waals surface area (Å²) in [7, 11) is 0. The van der Waals surface area contributed by atoms with Crippen LogP contribution >= 0.6 is 0 Å². The first-order valence-corrected chi connectivity index (χ1v) is 8.15. The quantitative estimate of drug-likeness (QED) is 0.772. The number of aryl methyl sites for hydroxylation is 1. The van der Waals surface area contributed by atoms with Gasteiger partial charge in [0.05, 0.1) is 6.61 Å². The second-order valence-corrected chi connectivity index (χ2v) is 6.51. The number of aliphatic hydroxyl groups is 1. The minimum atomic E-state index is 0.190. The molecule has 1 aromatic rings. The van der Waals surface area contributed by atoms with E-state index >= 15 is 0 Å². The maximum Gasteiger partial charge on any atom is 0.131 e. The molecule has 1 aromatic heterocycles. The summed E-state index contributed by atoms with van der Waals surface area (Å²) in [4.78, 5) is 6.95. The van der Waals surface area contributed by atoms with Crippen LogP contribution in [0, 0.1) is 12.8 Å². The van der Waals surface area contributed by atoms with Crippen molar-refractivity contribution in [3.05, 3.63) is 23.4 Å². The average Bonchev–Trinajstić information content (AvgIpc) is 2.36. The number of nitrogens with one attached hydrogen (secondary N) is 1. The van der Waals surface area contributed by atoms with Crippen molar-refractivity contribution in [2.24, 2.45) is 5.92 Å². The molecule has 0 aliphatic heterocycles. The van der Waals surface area contributed by atoms with Crippen LogP contribution in [-0.4, -0.2) is 35.8 Å². The second kappa shape index (κ2) is 7.76. The number of pyridine rings is 1. The maximum absolute atomic E-state index is 9.30. The Balaban J connectivity index is 2.02. The van der Waals surface area contributed by atoms with Crippen molar-refractivity contribution < 1.29 is 5.11 Å². The molecule has 0 bridgehead atoms.